The number of nitrogens with zero attached hydrogens (tertiary/aromatic N) is 1. The van der Waals surface area contributed by atoms with E-state index in [0.29, 0.717) is 0 Å². The molecular weight excluding hydrogens is 179 g/mol. The number of hydrogen-bond donors (Lipinski definition) is 0. The van der Waals surface area contributed by atoms with Gasteiger partial charge in [0.1, 0.15) is 0 Å². The number of rotatable bonds is 2. The van der Waals surface area contributed by atoms with E-state index in [4.69, 9.17) is 0 Å². The van der Waals surface area contributed by atoms with Gasteiger partial charge in [0.15, 0.2) is 0 Å². The minimum atomic E-state index is -2.37. The van der Waals surface area contributed by atoms with Crippen LogP contribution in [0.2, 0.25) is 0 Å². The van der Waals surface area contributed by atoms with Crippen molar-refractivity contribution in [3.63, 3.8) is 0 Å². The molecular formula is C4H7F2NSe. The Morgan fingerprint density at radius 2 is 1.88 bits per heavy atom. The monoisotopic (exact) mass is 187 g/mol. The Bertz CT molecular complexity index is 82.0. The molecule has 0 N–H and O–H groups in total. The molecule has 8 heavy (non-hydrogen) atoms. The predicted octanol–water partition coefficient (Wildman–Crippen LogP) is 0.111. The second kappa shape index (κ2) is 3.15. The van der Waals surface area contributed by atoms with Gasteiger partial charge in [0.25, 0.3) is 0 Å². The van der Waals surface area contributed by atoms with Crippen LogP contribution in [0.3, 0.4) is 0 Å². The van der Waals surface area contributed by atoms with Gasteiger partial charge in [-0.1, -0.05) is 0 Å². The molecule has 1 nitrogen and oxygen atoms in total. The summed E-state index contributed by atoms with van der Waals surface area (Å²) in [6.07, 6.45) is -2.37. The fourth-order valence-corrected chi connectivity index (χ4v) is 0.195. The Hall–Kier alpha value is 0.0495. The van der Waals surface area contributed by atoms with Crippen molar-refractivity contribution in [2.24, 2.45) is 0 Å². The number of alkyl halides is 2. The van der Waals surface area contributed by atoms with Gasteiger partial charge >= 0.3 is 54.3 Å². The molecule has 0 atom stereocenters. The van der Waals surface area contributed by atoms with E-state index in [1.807, 2.05) is 0 Å². The van der Waals surface area contributed by atoms with E-state index in [-0.39, 0.29) is 4.54 Å². The molecule has 0 heterocycles. The number of hydrogen-bond acceptors (Lipinski definition) is 1. The number of halogens is 2. The van der Waals surface area contributed by atoms with Gasteiger partial charge < -0.3 is 0 Å². The van der Waals surface area contributed by atoms with Crippen molar-refractivity contribution in [1.29, 1.82) is 0 Å². The van der Waals surface area contributed by atoms with Crippen molar-refractivity contribution < 1.29 is 8.78 Å². The molecule has 0 aliphatic carbocycles. The third-order valence-electron chi connectivity index (χ3n) is 0.627. The minimum absolute atomic E-state index is 0.0231. The third kappa shape index (κ3) is 2.38. The van der Waals surface area contributed by atoms with Gasteiger partial charge in [-0.05, 0) is 0 Å². The molecule has 0 aromatic heterocycles. The third-order valence-corrected chi connectivity index (χ3v) is 1.77. The summed E-state index contributed by atoms with van der Waals surface area (Å²) in [4.78, 5) is 1.35. The molecule has 0 fully saturated rings. The van der Waals surface area contributed by atoms with Crippen LogP contribution in [0.4, 0.5) is 8.78 Å². The van der Waals surface area contributed by atoms with E-state index in [1.54, 1.807) is 14.1 Å². The SMILES string of the molecule is CN(C)C(=[Se])C(F)F. The average Bonchev–Trinajstić information content (AvgIpc) is 1.64. The molecule has 0 unspecified atom stereocenters. The molecule has 0 aromatic rings. The zero-order valence-corrected chi connectivity index (χ0v) is 6.40. The maximum atomic E-state index is 11.6. The van der Waals surface area contributed by atoms with Crippen LogP contribution in [0.25, 0.3) is 0 Å². The molecule has 0 aliphatic heterocycles. The van der Waals surface area contributed by atoms with Gasteiger partial charge in [-0.2, -0.15) is 0 Å². The van der Waals surface area contributed by atoms with Gasteiger partial charge in [-0.3, -0.25) is 0 Å². The van der Waals surface area contributed by atoms with Gasteiger partial charge in [0, 0.05) is 0 Å². The van der Waals surface area contributed by atoms with Gasteiger partial charge in [0.05, 0.1) is 0 Å². The van der Waals surface area contributed by atoms with E-state index in [1.165, 1.54) is 4.90 Å². The zero-order chi connectivity index (χ0) is 6.73. The summed E-state index contributed by atoms with van der Waals surface area (Å²) in [6, 6.07) is 0. The van der Waals surface area contributed by atoms with Crippen LogP contribution in [0.1, 0.15) is 0 Å². The van der Waals surface area contributed by atoms with Crippen molar-refractivity contribution in [3.8, 4) is 0 Å². The van der Waals surface area contributed by atoms with Crippen LogP contribution in [0.15, 0.2) is 0 Å². The molecule has 0 spiro atoms. The second-order valence-corrected chi connectivity index (χ2v) is 2.41. The van der Waals surface area contributed by atoms with Crippen LogP contribution < -0.4 is 0 Å². The topological polar surface area (TPSA) is 3.24 Å². The molecule has 4 heteroatoms. The van der Waals surface area contributed by atoms with Crippen molar-refractivity contribution in [2.45, 2.75) is 6.43 Å². The summed E-state index contributed by atoms with van der Waals surface area (Å²) in [7, 11) is 3.13. The molecule has 0 aliphatic rings. The molecule has 0 rings (SSSR count). The van der Waals surface area contributed by atoms with Gasteiger partial charge in [-0.25, -0.2) is 0 Å². The first-order valence-corrected chi connectivity index (χ1v) is 2.90. The van der Waals surface area contributed by atoms with Crippen LogP contribution in [-0.4, -0.2) is 45.5 Å². The predicted molar refractivity (Wildman–Crippen MR) is 30.5 cm³/mol. The first-order valence-electron chi connectivity index (χ1n) is 2.05. The van der Waals surface area contributed by atoms with Crippen LogP contribution >= 0.6 is 0 Å². The second-order valence-electron chi connectivity index (χ2n) is 1.53. The first kappa shape index (κ1) is 8.05. The van der Waals surface area contributed by atoms with E-state index in [0.717, 1.165) is 0 Å². The van der Waals surface area contributed by atoms with Crippen molar-refractivity contribution >= 4 is 20.1 Å². The Morgan fingerprint density at radius 1 is 1.50 bits per heavy atom. The molecule has 0 radical (unpaired) electrons. The quantitative estimate of drug-likeness (QED) is 0.553. The summed E-state index contributed by atoms with van der Waals surface area (Å²) in [6.45, 7) is 0. The molecule has 0 saturated carbocycles. The standard InChI is InChI=1S/C4H7F2NSe/c1-7(2)4(8)3(5)6/h3H,1-2H3. The summed E-state index contributed by atoms with van der Waals surface area (Å²) >= 11 is 2.27. The van der Waals surface area contributed by atoms with Gasteiger partial charge in [0.2, 0.25) is 0 Å². The zero-order valence-electron chi connectivity index (χ0n) is 4.69. The van der Waals surface area contributed by atoms with E-state index >= 15 is 0 Å². The Morgan fingerprint density at radius 3 is 1.88 bits per heavy atom. The van der Waals surface area contributed by atoms with E-state index < -0.39 is 6.43 Å². The normalized spacial score (nSPS) is 9.62. The van der Waals surface area contributed by atoms with Crippen molar-refractivity contribution in [3.05, 3.63) is 0 Å². The molecule has 0 saturated heterocycles. The summed E-state index contributed by atoms with van der Waals surface area (Å²) < 4.78 is 23.1. The van der Waals surface area contributed by atoms with Crippen LogP contribution in [0, 0.1) is 0 Å². The molecule has 0 aromatic carbocycles. The fourth-order valence-electron chi connectivity index (χ4n) is 0.195. The first-order chi connectivity index (χ1) is 3.55. The fraction of sp³-hybridized carbons (Fsp3) is 0.750. The molecule has 0 bridgehead atoms. The van der Waals surface area contributed by atoms with E-state index in [9.17, 15) is 8.78 Å². The van der Waals surface area contributed by atoms with Crippen LogP contribution in [0.5, 0.6) is 0 Å². The Balaban J connectivity index is 3.65. The molecule has 0 amide bonds. The average molecular weight is 186 g/mol. The molecule has 48 valence electrons. The van der Waals surface area contributed by atoms with Crippen molar-refractivity contribution in [1.82, 2.24) is 4.90 Å². The Kier molecular flexibility index (Phi) is 3.17. The summed E-state index contributed by atoms with van der Waals surface area (Å²) in [5, 5.41) is 0. The van der Waals surface area contributed by atoms with Crippen molar-refractivity contribution in [2.75, 3.05) is 14.1 Å². The Labute approximate surface area is 55.0 Å². The van der Waals surface area contributed by atoms with Crippen LogP contribution in [-0.2, 0) is 0 Å². The summed E-state index contributed by atoms with van der Waals surface area (Å²) in [5.74, 6) is 0. The van der Waals surface area contributed by atoms with E-state index in [2.05, 4.69) is 15.6 Å². The summed E-state index contributed by atoms with van der Waals surface area (Å²) in [5.41, 5.74) is 0. The maximum absolute atomic E-state index is 11.6. The van der Waals surface area contributed by atoms with Gasteiger partial charge in [-0.15, -0.1) is 0 Å².